The largest absolute Gasteiger partial charge is 0.477 e. The molecule has 1 rings (SSSR count). The van der Waals surface area contributed by atoms with Crippen molar-refractivity contribution in [3.63, 3.8) is 0 Å². The summed E-state index contributed by atoms with van der Waals surface area (Å²) >= 11 is 0. The number of nitrogens with two attached hydrogens (primary N) is 2. The summed E-state index contributed by atoms with van der Waals surface area (Å²) in [6.45, 7) is 3.54. The van der Waals surface area contributed by atoms with Crippen molar-refractivity contribution >= 4 is 23.4 Å². The number of amides is 1. The van der Waals surface area contributed by atoms with Crippen LogP contribution in [0.25, 0.3) is 0 Å². The summed E-state index contributed by atoms with van der Waals surface area (Å²) in [7, 11) is 0. The second kappa shape index (κ2) is 4.91. The number of nitrogens with zero attached hydrogens (tertiary/aromatic N) is 1. The normalized spacial score (nSPS) is 11.0. The highest BCUT2D eigenvalue weighted by Crippen LogP contribution is 2.19. The Bertz CT molecular complexity index is 485. The Kier molecular flexibility index (Phi) is 3.75. The van der Waals surface area contributed by atoms with Crippen molar-refractivity contribution < 1.29 is 14.7 Å². The molecule has 0 radical (unpaired) electrons. The third-order valence-electron chi connectivity index (χ3n) is 2.51. The molecule has 0 saturated carbocycles. The average Bonchev–Trinajstić information content (AvgIpc) is 2.27. The lowest BCUT2D eigenvalue weighted by Gasteiger charge is -2.21. The number of aromatic nitrogens is 1. The Morgan fingerprint density at radius 2 is 2.06 bits per heavy atom. The Balaban J connectivity index is 2.88. The molecule has 0 aromatic carbocycles. The zero-order valence-corrected chi connectivity index (χ0v) is 10.2. The van der Waals surface area contributed by atoms with Gasteiger partial charge in [0, 0.05) is 6.54 Å². The van der Waals surface area contributed by atoms with E-state index in [1.165, 1.54) is 12.1 Å². The highest BCUT2D eigenvalue weighted by Gasteiger charge is 2.25. The molecule has 18 heavy (non-hydrogen) atoms. The van der Waals surface area contributed by atoms with Crippen molar-refractivity contribution in [3.8, 4) is 0 Å². The van der Waals surface area contributed by atoms with Crippen LogP contribution < -0.4 is 16.8 Å². The van der Waals surface area contributed by atoms with Crippen LogP contribution in [0.3, 0.4) is 0 Å². The second-order valence-electron chi connectivity index (χ2n) is 4.54. The van der Waals surface area contributed by atoms with Crippen LogP contribution >= 0.6 is 0 Å². The van der Waals surface area contributed by atoms with Crippen molar-refractivity contribution in [1.29, 1.82) is 0 Å². The monoisotopic (exact) mass is 252 g/mol. The van der Waals surface area contributed by atoms with E-state index in [0.29, 0.717) is 5.69 Å². The second-order valence-corrected chi connectivity index (χ2v) is 4.54. The third kappa shape index (κ3) is 3.09. The number of hydrogen-bond donors (Lipinski definition) is 4. The Labute approximate surface area is 104 Å². The molecule has 0 aliphatic heterocycles. The number of pyridine rings is 1. The van der Waals surface area contributed by atoms with E-state index < -0.39 is 17.3 Å². The number of carboxylic acid groups (broad SMARTS) is 1. The fraction of sp³-hybridized carbons (Fsp3) is 0.364. The summed E-state index contributed by atoms with van der Waals surface area (Å²) in [6, 6.07) is 2.75. The predicted octanol–water partition coefficient (Wildman–Crippen LogP) is 0.285. The van der Waals surface area contributed by atoms with E-state index in [1.54, 1.807) is 13.8 Å². The minimum atomic E-state index is -1.15. The van der Waals surface area contributed by atoms with Gasteiger partial charge in [-0.3, -0.25) is 4.79 Å². The minimum absolute atomic E-state index is 0.122. The lowest BCUT2D eigenvalue weighted by molar-refractivity contribution is -0.125. The lowest BCUT2D eigenvalue weighted by atomic mass is 9.93. The van der Waals surface area contributed by atoms with Gasteiger partial charge in [-0.2, -0.15) is 0 Å². The van der Waals surface area contributed by atoms with Crippen LogP contribution in [0, 0.1) is 5.41 Å². The summed E-state index contributed by atoms with van der Waals surface area (Å²) in [5.74, 6) is -1.39. The molecule has 0 aliphatic carbocycles. The van der Waals surface area contributed by atoms with Gasteiger partial charge in [-0.25, -0.2) is 9.78 Å². The first-order valence-corrected chi connectivity index (χ1v) is 5.27. The maximum absolute atomic E-state index is 11.1. The highest BCUT2D eigenvalue weighted by atomic mass is 16.4. The first-order chi connectivity index (χ1) is 8.24. The van der Waals surface area contributed by atoms with E-state index in [1.807, 2.05) is 0 Å². The summed E-state index contributed by atoms with van der Waals surface area (Å²) in [5.41, 5.74) is 10.3. The number of anilines is 2. The predicted molar refractivity (Wildman–Crippen MR) is 67.1 cm³/mol. The minimum Gasteiger partial charge on any atom is -0.477 e. The number of carboxylic acids is 1. The van der Waals surface area contributed by atoms with Crippen molar-refractivity contribution in [2.75, 3.05) is 17.6 Å². The molecule has 7 nitrogen and oxygen atoms in total. The zero-order chi connectivity index (χ0) is 13.9. The van der Waals surface area contributed by atoms with E-state index in [-0.39, 0.29) is 18.1 Å². The molecule has 0 atom stereocenters. The molecule has 0 saturated heterocycles. The first kappa shape index (κ1) is 13.8. The fourth-order valence-corrected chi connectivity index (χ4v) is 1.12. The maximum Gasteiger partial charge on any atom is 0.354 e. The molecular formula is C11H16N4O3. The number of rotatable bonds is 5. The van der Waals surface area contributed by atoms with Crippen LogP contribution in [-0.4, -0.2) is 28.5 Å². The number of carbonyl (C=O) groups excluding carboxylic acids is 1. The van der Waals surface area contributed by atoms with Gasteiger partial charge >= 0.3 is 5.97 Å². The quantitative estimate of drug-likeness (QED) is 0.595. The summed E-state index contributed by atoms with van der Waals surface area (Å²) in [6.07, 6.45) is 0. The Hall–Kier alpha value is -2.31. The van der Waals surface area contributed by atoms with Crippen LogP contribution in [-0.2, 0) is 4.79 Å². The molecular weight excluding hydrogens is 236 g/mol. The molecule has 6 N–H and O–H groups in total. The molecule has 1 amide bonds. The first-order valence-electron chi connectivity index (χ1n) is 5.27. The van der Waals surface area contributed by atoms with Gasteiger partial charge in [-0.05, 0) is 26.0 Å². The Morgan fingerprint density at radius 1 is 1.44 bits per heavy atom. The van der Waals surface area contributed by atoms with Crippen molar-refractivity contribution in [1.82, 2.24) is 4.98 Å². The van der Waals surface area contributed by atoms with Gasteiger partial charge in [0.05, 0.1) is 11.1 Å². The van der Waals surface area contributed by atoms with Crippen molar-refractivity contribution in [2.45, 2.75) is 13.8 Å². The number of primary amides is 1. The van der Waals surface area contributed by atoms with E-state index in [9.17, 15) is 9.59 Å². The summed E-state index contributed by atoms with van der Waals surface area (Å²) < 4.78 is 0. The molecule has 0 spiro atoms. The van der Waals surface area contributed by atoms with E-state index in [4.69, 9.17) is 16.6 Å². The van der Waals surface area contributed by atoms with Gasteiger partial charge in [-0.15, -0.1) is 0 Å². The van der Waals surface area contributed by atoms with E-state index in [0.717, 1.165) is 0 Å². The fourth-order valence-electron chi connectivity index (χ4n) is 1.12. The standard InChI is InChI=1S/C11H16N4O3/c1-11(2,10(13)18)5-14-8-6(12)3-4-7(15-8)9(16)17/h3-4H,5,12H2,1-2H3,(H2,13,18)(H,14,15)(H,16,17). The van der Waals surface area contributed by atoms with Crippen LogP contribution in [0.1, 0.15) is 24.3 Å². The third-order valence-corrected chi connectivity index (χ3v) is 2.51. The van der Waals surface area contributed by atoms with E-state index >= 15 is 0 Å². The van der Waals surface area contributed by atoms with E-state index in [2.05, 4.69) is 10.3 Å². The smallest absolute Gasteiger partial charge is 0.354 e. The average molecular weight is 252 g/mol. The summed E-state index contributed by atoms with van der Waals surface area (Å²) in [4.78, 5) is 25.8. The molecule has 0 bridgehead atoms. The lowest BCUT2D eigenvalue weighted by Crippen LogP contribution is -2.37. The molecule has 1 heterocycles. The van der Waals surface area contributed by atoms with Gasteiger partial charge in [0.1, 0.15) is 5.82 Å². The number of nitrogens with one attached hydrogen (secondary N) is 1. The van der Waals surface area contributed by atoms with Gasteiger partial charge in [0.2, 0.25) is 5.91 Å². The number of nitrogen functional groups attached to an aromatic ring is 1. The van der Waals surface area contributed by atoms with Crippen LogP contribution in [0.2, 0.25) is 0 Å². The SMILES string of the molecule is CC(C)(CNc1nc(C(=O)O)ccc1N)C(N)=O. The van der Waals surface area contributed by atoms with Gasteiger partial charge < -0.3 is 21.9 Å². The number of aromatic carboxylic acids is 1. The van der Waals surface area contributed by atoms with Crippen LogP contribution in [0.5, 0.6) is 0 Å². The highest BCUT2D eigenvalue weighted by molar-refractivity contribution is 5.87. The number of carbonyl (C=O) groups is 2. The van der Waals surface area contributed by atoms with Gasteiger partial charge in [0.15, 0.2) is 5.69 Å². The Morgan fingerprint density at radius 3 is 2.56 bits per heavy atom. The molecule has 1 aromatic rings. The zero-order valence-electron chi connectivity index (χ0n) is 10.2. The topological polar surface area (TPSA) is 131 Å². The van der Waals surface area contributed by atoms with Crippen molar-refractivity contribution in [3.05, 3.63) is 17.8 Å². The molecule has 0 unspecified atom stereocenters. The maximum atomic E-state index is 11.1. The molecule has 0 aliphatic rings. The van der Waals surface area contributed by atoms with Gasteiger partial charge in [0.25, 0.3) is 0 Å². The molecule has 0 fully saturated rings. The molecule has 7 heteroatoms. The van der Waals surface area contributed by atoms with Gasteiger partial charge in [-0.1, -0.05) is 0 Å². The molecule has 98 valence electrons. The van der Waals surface area contributed by atoms with Crippen molar-refractivity contribution in [2.24, 2.45) is 11.1 Å². The molecule has 1 aromatic heterocycles. The van der Waals surface area contributed by atoms with Crippen LogP contribution in [0.15, 0.2) is 12.1 Å². The summed E-state index contributed by atoms with van der Waals surface area (Å²) in [5, 5.41) is 11.6. The van der Waals surface area contributed by atoms with Crippen LogP contribution in [0.4, 0.5) is 11.5 Å². The number of hydrogen-bond acceptors (Lipinski definition) is 5.